The van der Waals surface area contributed by atoms with Gasteiger partial charge in [-0.15, -0.1) is 0 Å². The largest absolute Gasteiger partial charge is 0.307 e. The number of aromatic amines is 1. The van der Waals surface area contributed by atoms with Crippen LogP contribution >= 0.6 is 11.6 Å². The zero-order chi connectivity index (χ0) is 18.4. The molecule has 5 rings (SSSR count). The Bertz CT molecular complexity index is 1360. The summed E-state index contributed by atoms with van der Waals surface area (Å²) in [6.07, 6.45) is 5.56. The van der Waals surface area contributed by atoms with Crippen molar-refractivity contribution in [2.45, 2.75) is 0 Å². The number of nitrogens with zero attached hydrogens (tertiary/aromatic N) is 3. The van der Waals surface area contributed by atoms with E-state index in [1.807, 2.05) is 59.3 Å². The first-order valence-corrected chi connectivity index (χ1v) is 8.79. The van der Waals surface area contributed by atoms with Crippen molar-refractivity contribution in [3.8, 4) is 22.4 Å². The van der Waals surface area contributed by atoms with E-state index in [0.29, 0.717) is 16.3 Å². The number of fused-ring (bicyclic) bond motifs is 2. The van der Waals surface area contributed by atoms with Crippen molar-refractivity contribution in [2.75, 3.05) is 0 Å². The van der Waals surface area contributed by atoms with Gasteiger partial charge in [-0.3, -0.25) is 4.79 Å². The second kappa shape index (κ2) is 6.07. The Morgan fingerprint density at radius 3 is 2.70 bits per heavy atom. The number of pyridine rings is 3. The molecule has 5 aromatic rings. The van der Waals surface area contributed by atoms with Crippen molar-refractivity contribution in [3.63, 3.8) is 0 Å². The van der Waals surface area contributed by atoms with E-state index < -0.39 is 0 Å². The minimum absolute atomic E-state index is 0.176. The van der Waals surface area contributed by atoms with Crippen LogP contribution in [-0.4, -0.2) is 19.4 Å². The van der Waals surface area contributed by atoms with Gasteiger partial charge in [-0.25, -0.2) is 9.97 Å². The lowest BCUT2D eigenvalue weighted by atomic mass is 9.99. The number of H-pyrrole nitrogens is 1. The molecule has 130 valence electrons. The third kappa shape index (κ3) is 2.69. The van der Waals surface area contributed by atoms with Crippen LogP contribution < -0.4 is 5.56 Å². The van der Waals surface area contributed by atoms with Gasteiger partial charge in [0.05, 0.1) is 10.7 Å². The molecule has 1 aromatic carbocycles. The highest BCUT2D eigenvalue weighted by molar-refractivity contribution is 6.33. The van der Waals surface area contributed by atoms with Crippen LogP contribution in [0.2, 0.25) is 5.02 Å². The first-order valence-electron chi connectivity index (χ1n) is 8.41. The Morgan fingerprint density at radius 1 is 1.00 bits per heavy atom. The molecule has 27 heavy (non-hydrogen) atoms. The van der Waals surface area contributed by atoms with Crippen LogP contribution in [0.15, 0.2) is 78.0 Å². The first kappa shape index (κ1) is 15.8. The summed E-state index contributed by atoms with van der Waals surface area (Å²) < 4.78 is 1.89. The number of hydrogen-bond acceptors (Lipinski definition) is 3. The summed E-state index contributed by atoms with van der Waals surface area (Å²) >= 11 is 6.44. The average Bonchev–Trinajstić information content (AvgIpc) is 3.17. The molecule has 1 N–H and O–H groups in total. The van der Waals surface area contributed by atoms with E-state index in [0.717, 1.165) is 27.8 Å². The summed E-state index contributed by atoms with van der Waals surface area (Å²) in [6.45, 7) is 0. The minimum atomic E-state index is -0.176. The second-order valence-corrected chi connectivity index (χ2v) is 6.65. The lowest BCUT2D eigenvalue weighted by Crippen LogP contribution is -2.04. The smallest absolute Gasteiger partial charge is 0.249 e. The van der Waals surface area contributed by atoms with Crippen molar-refractivity contribution < 1.29 is 0 Å². The molecule has 0 atom stereocenters. The SMILES string of the molecule is O=c1ccc2cc(-c3cc(Cl)c4nccn4c3)c(-c3ccccc3)nc2[nH]1. The molecule has 4 aromatic heterocycles. The maximum Gasteiger partial charge on any atom is 0.249 e. The van der Waals surface area contributed by atoms with Crippen LogP contribution in [0.1, 0.15) is 0 Å². The summed E-state index contributed by atoms with van der Waals surface area (Å²) in [7, 11) is 0. The van der Waals surface area contributed by atoms with E-state index in [1.165, 1.54) is 6.07 Å². The van der Waals surface area contributed by atoms with Crippen LogP contribution in [-0.2, 0) is 0 Å². The van der Waals surface area contributed by atoms with E-state index >= 15 is 0 Å². The van der Waals surface area contributed by atoms with Gasteiger partial charge in [-0.05, 0) is 18.2 Å². The molecule has 0 aliphatic rings. The van der Waals surface area contributed by atoms with Crippen LogP contribution in [0.4, 0.5) is 0 Å². The van der Waals surface area contributed by atoms with E-state index in [-0.39, 0.29) is 5.56 Å². The fourth-order valence-corrected chi connectivity index (χ4v) is 3.52. The highest BCUT2D eigenvalue weighted by Gasteiger charge is 2.14. The first-order chi connectivity index (χ1) is 13.2. The van der Waals surface area contributed by atoms with Crippen molar-refractivity contribution in [2.24, 2.45) is 0 Å². The topological polar surface area (TPSA) is 63.1 Å². The molecule has 0 spiro atoms. The molecule has 4 heterocycles. The Labute approximate surface area is 158 Å². The van der Waals surface area contributed by atoms with Gasteiger partial charge >= 0.3 is 0 Å². The molecule has 0 aliphatic heterocycles. The Balaban J connectivity index is 1.86. The molecule has 0 bridgehead atoms. The molecule has 0 fully saturated rings. The lowest BCUT2D eigenvalue weighted by Gasteiger charge is -2.12. The van der Waals surface area contributed by atoms with Crippen molar-refractivity contribution >= 4 is 28.3 Å². The second-order valence-electron chi connectivity index (χ2n) is 6.25. The van der Waals surface area contributed by atoms with Gasteiger partial charge < -0.3 is 9.38 Å². The fraction of sp³-hybridized carbons (Fsp3) is 0. The van der Waals surface area contributed by atoms with E-state index in [1.54, 1.807) is 12.3 Å². The number of halogens is 1. The maximum atomic E-state index is 11.7. The van der Waals surface area contributed by atoms with E-state index in [9.17, 15) is 4.79 Å². The molecule has 0 saturated heterocycles. The predicted octanol–water partition coefficient (Wildman–Crippen LogP) is 4.56. The zero-order valence-corrected chi connectivity index (χ0v) is 14.8. The molecule has 0 radical (unpaired) electrons. The molecule has 5 nitrogen and oxygen atoms in total. The standard InChI is InChI=1S/C21H13ClN4O/c22-17-11-15(12-26-9-8-23-21(17)26)16-10-14-6-7-18(27)24-20(14)25-19(16)13-4-2-1-3-5-13/h1-12H,(H,24,25,27). The van der Waals surface area contributed by atoms with Crippen molar-refractivity contribution in [3.05, 3.63) is 88.6 Å². The normalized spacial score (nSPS) is 11.3. The third-order valence-corrected chi connectivity index (χ3v) is 4.79. The number of rotatable bonds is 2. The van der Waals surface area contributed by atoms with Crippen LogP contribution in [0.3, 0.4) is 0 Å². The molecule has 0 saturated carbocycles. The number of hydrogen-bond donors (Lipinski definition) is 1. The summed E-state index contributed by atoms with van der Waals surface area (Å²) in [5, 5.41) is 1.42. The molecular weight excluding hydrogens is 360 g/mol. The van der Waals surface area contributed by atoms with Crippen LogP contribution in [0.5, 0.6) is 0 Å². The third-order valence-electron chi connectivity index (χ3n) is 4.51. The van der Waals surface area contributed by atoms with Crippen LogP contribution in [0, 0.1) is 0 Å². The quantitative estimate of drug-likeness (QED) is 0.494. The van der Waals surface area contributed by atoms with Crippen LogP contribution in [0.25, 0.3) is 39.1 Å². The maximum absolute atomic E-state index is 11.7. The number of imidazole rings is 1. The molecule has 0 aliphatic carbocycles. The van der Waals surface area contributed by atoms with Gasteiger partial charge in [0, 0.05) is 46.7 Å². The van der Waals surface area contributed by atoms with Crippen molar-refractivity contribution in [1.82, 2.24) is 19.4 Å². The average molecular weight is 373 g/mol. The van der Waals surface area contributed by atoms with Gasteiger partial charge in [0.25, 0.3) is 0 Å². The van der Waals surface area contributed by atoms with Gasteiger partial charge in [-0.1, -0.05) is 41.9 Å². The Kier molecular flexibility index (Phi) is 3.55. The Hall–Kier alpha value is -3.44. The highest BCUT2D eigenvalue weighted by Crippen LogP contribution is 2.34. The zero-order valence-electron chi connectivity index (χ0n) is 14.1. The monoisotopic (exact) mass is 372 g/mol. The number of nitrogens with one attached hydrogen (secondary N) is 1. The van der Waals surface area contributed by atoms with Crippen molar-refractivity contribution in [1.29, 1.82) is 0 Å². The highest BCUT2D eigenvalue weighted by atomic mass is 35.5. The molecular formula is C21H13ClN4O. The number of aromatic nitrogens is 4. The lowest BCUT2D eigenvalue weighted by molar-refractivity contribution is 1.18. The van der Waals surface area contributed by atoms with E-state index in [2.05, 4.69) is 9.97 Å². The van der Waals surface area contributed by atoms with Gasteiger partial charge in [0.15, 0.2) is 5.65 Å². The minimum Gasteiger partial charge on any atom is -0.307 e. The summed E-state index contributed by atoms with van der Waals surface area (Å²) in [6, 6.07) is 17.1. The molecule has 0 amide bonds. The molecule has 6 heteroatoms. The predicted molar refractivity (Wildman–Crippen MR) is 107 cm³/mol. The Morgan fingerprint density at radius 2 is 1.85 bits per heavy atom. The van der Waals surface area contributed by atoms with Gasteiger partial charge in [-0.2, -0.15) is 0 Å². The number of benzene rings is 1. The summed E-state index contributed by atoms with van der Waals surface area (Å²) in [5.74, 6) is 0. The van der Waals surface area contributed by atoms with E-state index in [4.69, 9.17) is 16.6 Å². The van der Waals surface area contributed by atoms with Gasteiger partial charge in [0.2, 0.25) is 5.56 Å². The summed E-state index contributed by atoms with van der Waals surface area (Å²) in [4.78, 5) is 23.6. The fourth-order valence-electron chi connectivity index (χ4n) is 3.25. The van der Waals surface area contributed by atoms with Gasteiger partial charge in [0.1, 0.15) is 5.65 Å². The molecule has 0 unspecified atom stereocenters. The summed E-state index contributed by atoms with van der Waals surface area (Å²) in [5.41, 5.74) is 4.67.